The molecule has 0 spiro atoms. The second-order valence-electron chi connectivity index (χ2n) is 5.90. The van der Waals surface area contributed by atoms with E-state index in [0.717, 1.165) is 36.6 Å². The molecule has 1 aliphatic heterocycles. The van der Waals surface area contributed by atoms with E-state index in [1.54, 1.807) is 0 Å². The highest BCUT2D eigenvalue weighted by atomic mass is 35.5. The molecule has 6 nitrogen and oxygen atoms in total. The number of nitrogens with zero attached hydrogens (tertiary/aromatic N) is 6. The van der Waals surface area contributed by atoms with Gasteiger partial charge in [-0.2, -0.15) is 5.10 Å². The van der Waals surface area contributed by atoms with E-state index in [1.807, 2.05) is 36.9 Å². The van der Waals surface area contributed by atoms with Gasteiger partial charge < -0.3 is 4.90 Å². The van der Waals surface area contributed by atoms with Crippen LogP contribution in [0.4, 0.5) is 5.82 Å². The van der Waals surface area contributed by atoms with Crippen LogP contribution < -0.4 is 4.90 Å². The number of aromatic nitrogens is 4. The van der Waals surface area contributed by atoms with Gasteiger partial charge in [0.25, 0.3) is 0 Å². The van der Waals surface area contributed by atoms with E-state index >= 15 is 0 Å². The van der Waals surface area contributed by atoms with Crippen molar-refractivity contribution in [3.8, 4) is 0 Å². The Morgan fingerprint density at radius 2 is 2.18 bits per heavy atom. The summed E-state index contributed by atoms with van der Waals surface area (Å²) in [5, 5.41) is 5.10. The average molecular weight is 321 g/mol. The number of likely N-dealkylation sites (tertiary alicyclic amines) is 1. The van der Waals surface area contributed by atoms with Gasteiger partial charge in [0, 0.05) is 39.4 Å². The molecule has 1 atom stereocenters. The number of aryl methyl sites for hydroxylation is 1. The second-order valence-corrected chi connectivity index (χ2v) is 6.26. The molecular weight excluding hydrogens is 300 g/mol. The second kappa shape index (κ2) is 6.22. The maximum Gasteiger partial charge on any atom is 0.139 e. The van der Waals surface area contributed by atoms with E-state index < -0.39 is 0 Å². The quantitative estimate of drug-likeness (QED) is 0.809. The number of anilines is 1. The van der Waals surface area contributed by atoms with Gasteiger partial charge >= 0.3 is 0 Å². The molecule has 0 aliphatic carbocycles. The Kier molecular flexibility index (Phi) is 4.31. The molecule has 1 unspecified atom stereocenters. The Bertz CT molecular complexity index is 653. The lowest BCUT2D eigenvalue weighted by Crippen LogP contribution is -2.25. The van der Waals surface area contributed by atoms with E-state index in [2.05, 4.69) is 26.0 Å². The maximum absolute atomic E-state index is 6.33. The van der Waals surface area contributed by atoms with Crippen LogP contribution in [0.25, 0.3) is 0 Å². The zero-order valence-electron chi connectivity index (χ0n) is 13.2. The highest BCUT2D eigenvalue weighted by Gasteiger charge is 2.29. The molecule has 0 aromatic carbocycles. The summed E-state index contributed by atoms with van der Waals surface area (Å²) >= 11 is 6.33. The predicted octanol–water partition coefficient (Wildman–Crippen LogP) is 2.27. The topological polar surface area (TPSA) is 50.1 Å². The molecule has 0 saturated carbocycles. The minimum atomic E-state index is 0.340. The fraction of sp³-hybridized carbons (Fsp3) is 0.533. The first-order valence-corrected chi connectivity index (χ1v) is 7.84. The Morgan fingerprint density at radius 3 is 2.86 bits per heavy atom. The minimum absolute atomic E-state index is 0.340. The Balaban J connectivity index is 1.86. The lowest BCUT2D eigenvalue weighted by Gasteiger charge is -2.25. The zero-order valence-corrected chi connectivity index (χ0v) is 14.0. The molecule has 118 valence electrons. The van der Waals surface area contributed by atoms with Gasteiger partial charge in [-0.05, 0) is 25.5 Å². The molecule has 7 heteroatoms. The third-order valence-electron chi connectivity index (χ3n) is 4.09. The summed E-state index contributed by atoms with van der Waals surface area (Å²) in [4.78, 5) is 12.9. The van der Waals surface area contributed by atoms with Crippen molar-refractivity contribution in [3.63, 3.8) is 0 Å². The molecule has 0 radical (unpaired) electrons. The fourth-order valence-corrected chi connectivity index (χ4v) is 3.26. The predicted molar refractivity (Wildman–Crippen MR) is 87.0 cm³/mol. The van der Waals surface area contributed by atoms with Crippen molar-refractivity contribution in [1.29, 1.82) is 0 Å². The van der Waals surface area contributed by atoms with Gasteiger partial charge in [-0.15, -0.1) is 0 Å². The SMILES string of the molecule is CN(C)c1ncnc(Cl)c1CN1CCCC1c1ccn(C)n1. The van der Waals surface area contributed by atoms with E-state index in [-0.39, 0.29) is 0 Å². The van der Waals surface area contributed by atoms with Crippen LogP contribution >= 0.6 is 11.6 Å². The molecule has 1 aliphatic rings. The highest BCUT2D eigenvalue weighted by Crippen LogP contribution is 2.34. The van der Waals surface area contributed by atoms with Crippen molar-refractivity contribution in [2.45, 2.75) is 25.4 Å². The summed E-state index contributed by atoms with van der Waals surface area (Å²) in [6.07, 6.45) is 5.81. The standard InChI is InChI=1S/C15H21ClN6/c1-20(2)15-11(14(16)17-10-18-15)9-22-7-4-5-13(22)12-6-8-21(3)19-12/h6,8,10,13H,4-5,7,9H2,1-3H3. The van der Waals surface area contributed by atoms with Crippen molar-refractivity contribution in [1.82, 2.24) is 24.6 Å². The Labute approximate surface area is 135 Å². The molecule has 3 heterocycles. The molecule has 0 bridgehead atoms. The lowest BCUT2D eigenvalue weighted by atomic mass is 10.1. The summed E-state index contributed by atoms with van der Waals surface area (Å²) in [7, 11) is 5.90. The lowest BCUT2D eigenvalue weighted by molar-refractivity contribution is 0.243. The molecule has 22 heavy (non-hydrogen) atoms. The van der Waals surface area contributed by atoms with Gasteiger partial charge in [-0.3, -0.25) is 9.58 Å². The molecular formula is C15H21ClN6. The van der Waals surface area contributed by atoms with Crippen molar-refractivity contribution < 1.29 is 0 Å². The van der Waals surface area contributed by atoms with Gasteiger partial charge in [0.05, 0.1) is 11.7 Å². The third kappa shape index (κ3) is 2.94. The summed E-state index contributed by atoms with van der Waals surface area (Å²) in [6.45, 7) is 1.79. The van der Waals surface area contributed by atoms with E-state index in [9.17, 15) is 0 Å². The number of hydrogen-bond donors (Lipinski definition) is 0. The van der Waals surface area contributed by atoms with Crippen molar-refractivity contribution in [3.05, 3.63) is 35.0 Å². The van der Waals surface area contributed by atoms with Crippen LogP contribution in [0.2, 0.25) is 5.15 Å². The average Bonchev–Trinajstić information content (AvgIpc) is 3.09. The van der Waals surface area contributed by atoms with E-state index in [0.29, 0.717) is 11.2 Å². The van der Waals surface area contributed by atoms with Gasteiger partial charge in [0.2, 0.25) is 0 Å². The van der Waals surface area contributed by atoms with Gasteiger partial charge in [-0.1, -0.05) is 11.6 Å². The monoisotopic (exact) mass is 320 g/mol. The summed E-state index contributed by atoms with van der Waals surface area (Å²) < 4.78 is 1.86. The van der Waals surface area contributed by atoms with Crippen molar-refractivity contribution in [2.75, 3.05) is 25.5 Å². The molecule has 1 saturated heterocycles. The maximum atomic E-state index is 6.33. The van der Waals surface area contributed by atoms with Crippen LogP contribution in [-0.4, -0.2) is 45.3 Å². The zero-order chi connectivity index (χ0) is 15.7. The largest absolute Gasteiger partial charge is 0.362 e. The third-order valence-corrected chi connectivity index (χ3v) is 4.42. The van der Waals surface area contributed by atoms with Crippen LogP contribution in [0.15, 0.2) is 18.6 Å². The number of halogens is 1. The summed E-state index contributed by atoms with van der Waals surface area (Å²) in [5.74, 6) is 0.881. The molecule has 2 aromatic heterocycles. The molecule has 2 aromatic rings. The van der Waals surface area contributed by atoms with Crippen molar-refractivity contribution in [2.24, 2.45) is 7.05 Å². The fourth-order valence-electron chi connectivity index (χ4n) is 3.07. The van der Waals surface area contributed by atoms with Gasteiger partial charge in [-0.25, -0.2) is 9.97 Å². The van der Waals surface area contributed by atoms with Crippen LogP contribution in [0.1, 0.15) is 30.1 Å². The molecule has 3 rings (SSSR count). The summed E-state index contributed by atoms with van der Waals surface area (Å²) in [5.41, 5.74) is 2.11. The van der Waals surface area contributed by atoms with Gasteiger partial charge in [0.15, 0.2) is 0 Å². The first kappa shape index (κ1) is 15.2. The molecule has 0 N–H and O–H groups in total. The molecule has 0 amide bonds. The van der Waals surface area contributed by atoms with Gasteiger partial charge in [0.1, 0.15) is 17.3 Å². The number of hydrogen-bond acceptors (Lipinski definition) is 5. The Morgan fingerprint density at radius 1 is 1.36 bits per heavy atom. The normalized spacial score (nSPS) is 18.8. The van der Waals surface area contributed by atoms with E-state index in [4.69, 9.17) is 11.6 Å². The first-order valence-electron chi connectivity index (χ1n) is 7.46. The van der Waals surface area contributed by atoms with Crippen LogP contribution in [0, 0.1) is 0 Å². The van der Waals surface area contributed by atoms with E-state index in [1.165, 1.54) is 12.7 Å². The van der Waals surface area contributed by atoms with Crippen LogP contribution in [-0.2, 0) is 13.6 Å². The van der Waals surface area contributed by atoms with Crippen molar-refractivity contribution >= 4 is 17.4 Å². The number of rotatable bonds is 4. The van der Waals surface area contributed by atoms with Crippen LogP contribution in [0.3, 0.4) is 0 Å². The smallest absolute Gasteiger partial charge is 0.139 e. The molecule has 1 fully saturated rings. The minimum Gasteiger partial charge on any atom is -0.362 e. The van der Waals surface area contributed by atoms with Crippen LogP contribution in [0.5, 0.6) is 0 Å². The summed E-state index contributed by atoms with van der Waals surface area (Å²) in [6, 6.07) is 2.44. The first-order chi connectivity index (χ1) is 10.6. The highest BCUT2D eigenvalue weighted by molar-refractivity contribution is 6.30. The Hall–Kier alpha value is -1.66.